The monoisotopic (exact) mass is 298 g/mol. The molecule has 1 unspecified atom stereocenters. The SMILES string of the molecule is Cc1csc(NC(=O)CN2CC(=O)NCC2C(=O)O)n1. The van der Waals surface area contributed by atoms with Crippen LogP contribution >= 0.6 is 11.3 Å². The molecule has 0 radical (unpaired) electrons. The smallest absolute Gasteiger partial charge is 0.322 e. The van der Waals surface area contributed by atoms with Gasteiger partial charge in [-0.2, -0.15) is 0 Å². The van der Waals surface area contributed by atoms with Crippen molar-refractivity contribution in [2.24, 2.45) is 0 Å². The molecule has 1 atom stereocenters. The molecule has 20 heavy (non-hydrogen) atoms. The Hall–Kier alpha value is -2.00. The number of amides is 2. The number of nitrogens with one attached hydrogen (secondary N) is 2. The third-order valence-corrected chi connectivity index (χ3v) is 3.65. The van der Waals surface area contributed by atoms with E-state index in [-0.39, 0.29) is 31.4 Å². The summed E-state index contributed by atoms with van der Waals surface area (Å²) >= 11 is 1.29. The van der Waals surface area contributed by atoms with Crippen molar-refractivity contribution < 1.29 is 19.5 Å². The number of rotatable bonds is 4. The molecule has 9 heteroatoms. The second-order valence-corrected chi connectivity index (χ2v) is 5.26. The quantitative estimate of drug-likeness (QED) is 0.676. The molecule has 1 aromatic rings. The van der Waals surface area contributed by atoms with Crippen molar-refractivity contribution in [1.82, 2.24) is 15.2 Å². The van der Waals surface area contributed by atoms with Gasteiger partial charge in [0.05, 0.1) is 18.8 Å². The number of hydrogen-bond donors (Lipinski definition) is 3. The van der Waals surface area contributed by atoms with Crippen LogP contribution in [0, 0.1) is 6.92 Å². The summed E-state index contributed by atoms with van der Waals surface area (Å²) in [5, 5.41) is 16.4. The number of carbonyl (C=O) groups excluding carboxylic acids is 2. The highest BCUT2D eigenvalue weighted by Gasteiger charge is 2.33. The predicted molar refractivity (Wildman–Crippen MR) is 71.5 cm³/mol. The number of hydrogen-bond acceptors (Lipinski definition) is 6. The molecule has 1 aliphatic heterocycles. The first-order valence-electron chi connectivity index (χ1n) is 5.91. The Bertz CT molecular complexity index is 544. The summed E-state index contributed by atoms with van der Waals surface area (Å²) in [6.07, 6.45) is 0. The maximum atomic E-state index is 11.9. The van der Waals surface area contributed by atoms with E-state index in [1.807, 2.05) is 6.92 Å². The molecule has 1 aliphatic rings. The predicted octanol–water partition coefficient (Wildman–Crippen LogP) is -0.725. The largest absolute Gasteiger partial charge is 0.480 e. The van der Waals surface area contributed by atoms with E-state index in [1.54, 1.807) is 5.38 Å². The van der Waals surface area contributed by atoms with Crippen LogP contribution in [-0.2, 0) is 14.4 Å². The van der Waals surface area contributed by atoms with E-state index in [9.17, 15) is 14.4 Å². The van der Waals surface area contributed by atoms with E-state index >= 15 is 0 Å². The van der Waals surface area contributed by atoms with Crippen molar-refractivity contribution in [3.05, 3.63) is 11.1 Å². The molecule has 2 amide bonds. The summed E-state index contributed by atoms with van der Waals surface area (Å²) in [7, 11) is 0. The van der Waals surface area contributed by atoms with E-state index < -0.39 is 12.0 Å². The van der Waals surface area contributed by atoms with Crippen LogP contribution < -0.4 is 10.6 Å². The number of carboxylic acid groups (broad SMARTS) is 1. The van der Waals surface area contributed by atoms with Gasteiger partial charge in [-0.1, -0.05) is 0 Å². The lowest BCUT2D eigenvalue weighted by Crippen LogP contribution is -2.58. The molecule has 0 aliphatic carbocycles. The average molecular weight is 298 g/mol. The normalized spacial score (nSPS) is 19.4. The minimum atomic E-state index is -1.07. The summed E-state index contributed by atoms with van der Waals surface area (Å²) in [6.45, 7) is 1.53. The van der Waals surface area contributed by atoms with Crippen LogP contribution in [0.3, 0.4) is 0 Å². The Labute approximate surface area is 118 Å². The van der Waals surface area contributed by atoms with Crippen LogP contribution in [0.15, 0.2) is 5.38 Å². The van der Waals surface area contributed by atoms with Crippen LogP contribution in [0.2, 0.25) is 0 Å². The molecule has 0 bridgehead atoms. The van der Waals surface area contributed by atoms with Crippen molar-refractivity contribution in [1.29, 1.82) is 0 Å². The Kier molecular flexibility index (Phi) is 4.30. The van der Waals surface area contributed by atoms with E-state index in [2.05, 4.69) is 15.6 Å². The zero-order valence-electron chi connectivity index (χ0n) is 10.8. The van der Waals surface area contributed by atoms with Crippen molar-refractivity contribution in [3.8, 4) is 0 Å². The number of carboxylic acids is 1. The van der Waals surface area contributed by atoms with Gasteiger partial charge in [-0.05, 0) is 6.92 Å². The fourth-order valence-electron chi connectivity index (χ4n) is 1.85. The number of anilines is 1. The molecule has 0 spiro atoms. The molecule has 0 aromatic carbocycles. The van der Waals surface area contributed by atoms with E-state index in [4.69, 9.17) is 5.11 Å². The van der Waals surface area contributed by atoms with Crippen LogP contribution in [0.25, 0.3) is 0 Å². The maximum absolute atomic E-state index is 11.9. The molecule has 1 saturated heterocycles. The van der Waals surface area contributed by atoms with E-state index in [0.717, 1.165) is 5.69 Å². The first kappa shape index (κ1) is 14.4. The van der Waals surface area contributed by atoms with Gasteiger partial charge < -0.3 is 15.7 Å². The molecule has 2 rings (SSSR count). The lowest BCUT2D eigenvalue weighted by atomic mass is 10.2. The van der Waals surface area contributed by atoms with Gasteiger partial charge in [0.2, 0.25) is 11.8 Å². The van der Waals surface area contributed by atoms with Crippen molar-refractivity contribution in [3.63, 3.8) is 0 Å². The minimum absolute atomic E-state index is 0.00218. The number of carbonyl (C=O) groups is 3. The number of nitrogens with zero attached hydrogens (tertiary/aromatic N) is 2. The molecule has 8 nitrogen and oxygen atoms in total. The van der Waals surface area contributed by atoms with Gasteiger partial charge >= 0.3 is 5.97 Å². The van der Waals surface area contributed by atoms with Crippen molar-refractivity contribution in [2.75, 3.05) is 25.0 Å². The first-order chi connectivity index (χ1) is 9.45. The van der Waals surface area contributed by atoms with Gasteiger partial charge in [0.25, 0.3) is 0 Å². The van der Waals surface area contributed by atoms with Gasteiger partial charge in [0, 0.05) is 11.9 Å². The van der Waals surface area contributed by atoms with Crippen molar-refractivity contribution in [2.45, 2.75) is 13.0 Å². The minimum Gasteiger partial charge on any atom is -0.480 e. The first-order valence-corrected chi connectivity index (χ1v) is 6.79. The molecule has 1 fully saturated rings. The molecular formula is C11H14N4O4S. The molecule has 3 N–H and O–H groups in total. The molecule has 108 valence electrons. The second kappa shape index (κ2) is 5.97. The van der Waals surface area contributed by atoms with Gasteiger partial charge in [-0.25, -0.2) is 4.98 Å². The third-order valence-electron chi connectivity index (χ3n) is 2.78. The second-order valence-electron chi connectivity index (χ2n) is 4.41. The van der Waals surface area contributed by atoms with Crippen LogP contribution in [-0.4, -0.2) is 58.5 Å². The lowest BCUT2D eigenvalue weighted by molar-refractivity contribution is -0.146. The fourth-order valence-corrected chi connectivity index (χ4v) is 2.56. The fraction of sp³-hybridized carbons (Fsp3) is 0.455. The number of piperazine rings is 1. The highest BCUT2D eigenvalue weighted by molar-refractivity contribution is 7.13. The van der Waals surface area contributed by atoms with Gasteiger partial charge in [0.1, 0.15) is 6.04 Å². The summed E-state index contributed by atoms with van der Waals surface area (Å²) in [5.74, 6) is -1.75. The topological polar surface area (TPSA) is 112 Å². The Morgan fingerprint density at radius 3 is 3.00 bits per heavy atom. The Morgan fingerprint density at radius 1 is 1.65 bits per heavy atom. The lowest BCUT2D eigenvalue weighted by Gasteiger charge is -2.31. The van der Waals surface area contributed by atoms with Crippen LogP contribution in [0.4, 0.5) is 5.13 Å². The van der Waals surface area contributed by atoms with E-state index in [1.165, 1.54) is 16.2 Å². The molecule has 1 aromatic heterocycles. The standard InChI is InChI=1S/C11H14N4O4S/c1-6-5-20-11(13-6)14-9(17)4-15-3-8(16)12-2-7(15)10(18)19/h5,7H,2-4H2,1H3,(H,12,16)(H,18,19)(H,13,14,17). The summed E-state index contributed by atoms with van der Waals surface area (Å²) < 4.78 is 0. The summed E-state index contributed by atoms with van der Waals surface area (Å²) in [5.41, 5.74) is 0.797. The number of aryl methyl sites for hydroxylation is 1. The van der Waals surface area contributed by atoms with Gasteiger partial charge in [-0.3, -0.25) is 19.3 Å². The van der Waals surface area contributed by atoms with Gasteiger partial charge in [0.15, 0.2) is 5.13 Å². The van der Waals surface area contributed by atoms with Crippen LogP contribution in [0.5, 0.6) is 0 Å². The van der Waals surface area contributed by atoms with E-state index in [0.29, 0.717) is 5.13 Å². The maximum Gasteiger partial charge on any atom is 0.322 e. The molecule has 2 heterocycles. The summed E-state index contributed by atoms with van der Waals surface area (Å²) in [4.78, 5) is 39.6. The highest BCUT2D eigenvalue weighted by atomic mass is 32.1. The highest BCUT2D eigenvalue weighted by Crippen LogP contribution is 2.14. The molecular weight excluding hydrogens is 284 g/mol. The Balaban J connectivity index is 1.97. The zero-order valence-corrected chi connectivity index (χ0v) is 11.6. The zero-order chi connectivity index (χ0) is 14.7. The molecule has 0 saturated carbocycles. The number of thiazole rings is 1. The summed E-state index contributed by atoms with van der Waals surface area (Å²) in [6, 6.07) is -0.892. The van der Waals surface area contributed by atoms with Crippen molar-refractivity contribution >= 4 is 34.3 Å². The average Bonchev–Trinajstić information content (AvgIpc) is 2.74. The number of aromatic nitrogens is 1. The third kappa shape index (κ3) is 3.52. The van der Waals surface area contributed by atoms with Crippen LogP contribution in [0.1, 0.15) is 5.69 Å². The number of aliphatic carboxylic acids is 1. The van der Waals surface area contributed by atoms with Gasteiger partial charge in [-0.15, -0.1) is 11.3 Å². The Morgan fingerprint density at radius 2 is 2.40 bits per heavy atom.